The quantitative estimate of drug-likeness (QED) is 0.529. The largest absolute Gasteiger partial charge is 0.486 e. The summed E-state index contributed by atoms with van der Waals surface area (Å²) >= 11 is 0. The van der Waals surface area contributed by atoms with Crippen LogP contribution in [0.3, 0.4) is 0 Å². The third-order valence-electron chi connectivity index (χ3n) is 5.75. The fourth-order valence-corrected chi connectivity index (χ4v) is 5.02. The number of hydrogen-bond acceptors (Lipinski definition) is 6. The Hall–Kier alpha value is -3.91. The number of methoxy groups -OCH3 is 1. The lowest BCUT2D eigenvalue weighted by molar-refractivity contribution is -0.114. The first kappa shape index (κ1) is 21.9. The van der Waals surface area contributed by atoms with Crippen molar-refractivity contribution in [3.8, 4) is 17.2 Å². The second-order valence-corrected chi connectivity index (χ2v) is 9.04. The van der Waals surface area contributed by atoms with Crippen LogP contribution in [0.2, 0.25) is 0 Å². The lowest BCUT2D eigenvalue weighted by Crippen LogP contribution is -2.16. The molecule has 1 N–H and O–H groups in total. The van der Waals surface area contributed by atoms with E-state index in [1.54, 1.807) is 36.4 Å². The number of benzene rings is 3. The zero-order valence-electron chi connectivity index (χ0n) is 18.3. The fraction of sp³-hybridized carbons (Fsp3) is 0.154. The molecule has 7 nitrogen and oxygen atoms in total. The maximum absolute atomic E-state index is 12.0. The predicted molar refractivity (Wildman–Crippen MR) is 127 cm³/mol. The molecule has 1 aliphatic carbocycles. The van der Waals surface area contributed by atoms with Gasteiger partial charge in [0.05, 0.1) is 17.6 Å². The topological polar surface area (TPSA) is 90.9 Å². The van der Waals surface area contributed by atoms with Crippen LogP contribution in [0.5, 0.6) is 17.2 Å². The molecule has 0 saturated carbocycles. The van der Waals surface area contributed by atoms with E-state index in [-0.39, 0.29) is 12.0 Å². The van der Waals surface area contributed by atoms with Gasteiger partial charge >= 0.3 is 5.97 Å². The molecule has 0 radical (unpaired) electrons. The molecule has 3 aromatic carbocycles. The Morgan fingerprint density at radius 1 is 1.00 bits per heavy atom. The van der Waals surface area contributed by atoms with Crippen LogP contribution < -0.4 is 14.2 Å². The van der Waals surface area contributed by atoms with E-state index in [4.69, 9.17) is 14.2 Å². The summed E-state index contributed by atoms with van der Waals surface area (Å²) in [6, 6.07) is 20.0. The summed E-state index contributed by atoms with van der Waals surface area (Å²) in [6.45, 7) is 0. The van der Waals surface area contributed by atoms with Gasteiger partial charge in [0.15, 0.2) is 11.0 Å². The summed E-state index contributed by atoms with van der Waals surface area (Å²) in [5.41, 5.74) is 3.34. The zero-order chi connectivity index (χ0) is 23.7. The lowest BCUT2D eigenvalue weighted by Gasteiger charge is -2.16. The average Bonchev–Trinajstić information content (AvgIpc) is 3.42. The van der Waals surface area contributed by atoms with Crippen LogP contribution in [0.15, 0.2) is 72.8 Å². The van der Waals surface area contributed by atoms with Gasteiger partial charge in [-0.2, -0.15) is 0 Å². The number of amides is 1. The second kappa shape index (κ2) is 9.15. The van der Waals surface area contributed by atoms with E-state index in [9.17, 15) is 13.8 Å². The van der Waals surface area contributed by atoms with E-state index < -0.39 is 17.0 Å². The molecule has 0 saturated heterocycles. The van der Waals surface area contributed by atoms with Crippen molar-refractivity contribution < 1.29 is 28.0 Å². The van der Waals surface area contributed by atoms with E-state index in [0.29, 0.717) is 27.5 Å². The number of fused-ring (bicyclic) bond motifs is 1. The van der Waals surface area contributed by atoms with Gasteiger partial charge in [-0.15, -0.1) is 0 Å². The van der Waals surface area contributed by atoms with Crippen molar-refractivity contribution in [2.45, 2.75) is 18.9 Å². The third kappa shape index (κ3) is 4.32. The molecular weight excluding hydrogens is 454 g/mol. The average molecular weight is 476 g/mol. The molecule has 8 heteroatoms. The molecule has 2 aliphatic rings. The highest BCUT2D eigenvalue weighted by molar-refractivity contribution is 7.93. The first-order valence-corrected chi connectivity index (χ1v) is 11.9. The number of esters is 1. The predicted octanol–water partition coefficient (Wildman–Crippen LogP) is 4.47. The maximum atomic E-state index is 12.0. The molecule has 5 rings (SSSR count). The van der Waals surface area contributed by atoms with Crippen molar-refractivity contribution in [3.05, 3.63) is 95.1 Å². The number of rotatable bonds is 6. The monoisotopic (exact) mass is 475 g/mol. The van der Waals surface area contributed by atoms with Gasteiger partial charge in [-0.05, 0) is 66.4 Å². The van der Waals surface area contributed by atoms with E-state index in [0.717, 1.165) is 29.7 Å². The molecule has 0 spiro atoms. The van der Waals surface area contributed by atoms with Crippen molar-refractivity contribution in [3.63, 3.8) is 0 Å². The Balaban J connectivity index is 1.30. The van der Waals surface area contributed by atoms with Crippen molar-refractivity contribution in [2.75, 3.05) is 7.11 Å². The lowest BCUT2D eigenvalue weighted by atomic mass is 10.1. The van der Waals surface area contributed by atoms with Gasteiger partial charge in [0.1, 0.15) is 23.4 Å². The van der Waals surface area contributed by atoms with E-state index in [1.807, 2.05) is 30.3 Å². The molecule has 34 heavy (non-hydrogen) atoms. The van der Waals surface area contributed by atoms with Crippen LogP contribution in [0.1, 0.15) is 39.6 Å². The molecule has 172 valence electrons. The van der Waals surface area contributed by atoms with Crippen LogP contribution >= 0.6 is 0 Å². The smallest absolute Gasteiger partial charge is 0.337 e. The van der Waals surface area contributed by atoms with Crippen LogP contribution in [0, 0.1) is 0 Å². The molecule has 1 unspecified atom stereocenters. The molecular formula is C26H21NO6S. The van der Waals surface area contributed by atoms with Crippen molar-refractivity contribution in [2.24, 2.45) is 0 Å². The number of hydrogen-bond donors (Lipinski definition) is 1. The van der Waals surface area contributed by atoms with Crippen LogP contribution in [0.4, 0.5) is 0 Å². The highest BCUT2D eigenvalue weighted by Crippen LogP contribution is 2.41. The SMILES string of the molecule is COC(=O)c1ccc(Oc2cccc3c2CC[C@H]3Oc2ccc(C3=CC(=O)NS3=O)cc2)cc1. The van der Waals surface area contributed by atoms with Crippen LogP contribution in [0.25, 0.3) is 4.91 Å². The summed E-state index contributed by atoms with van der Waals surface area (Å²) in [7, 11) is -0.173. The van der Waals surface area contributed by atoms with E-state index >= 15 is 0 Å². The number of nitrogens with one attached hydrogen (secondary N) is 1. The normalized spacial score (nSPS) is 18.6. The Labute approximate surface area is 198 Å². The summed E-state index contributed by atoms with van der Waals surface area (Å²) in [5, 5.41) is 0. The Morgan fingerprint density at radius 3 is 2.41 bits per heavy atom. The van der Waals surface area contributed by atoms with Crippen molar-refractivity contribution >= 4 is 27.8 Å². The van der Waals surface area contributed by atoms with Gasteiger partial charge in [0.2, 0.25) is 0 Å². The summed E-state index contributed by atoms with van der Waals surface area (Å²) in [4.78, 5) is 23.5. The molecule has 1 amide bonds. The minimum Gasteiger partial charge on any atom is -0.486 e. The highest BCUT2D eigenvalue weighted by atomic mass is 32.2. The van der Waals surface area contributed by atoms with Crippen LogP contribution in [-0.4, -0.2) is 23.2 Å². The molecule has 3 aromatic rings. The second-order valence-electron chi connectivity index (χ2n) is 7.86. The van der Waals surface area contributed by atoms with Crippen molar-refractivity contribution in [1.82, 2.24) is 4.72 Å². The van der Waals surface area contributed by atoms with E-state index in [1.165, 1.54) is 13.2 Å². The maximum Gasteiger partial charge on any atom is 0.337 e. The van der Waals surface area contributed by atoms with Crippen LogP contribution in [-0.2, 0) is 26.9 Å². The van der Waals surface area contributed by atoms with Gasteiger partial charge in [0, 0.05) is 11.6 Å². The van der Waals surface area contributed by atoms with Gasteiger partial charge < -0.3 is 14.2 Å². The van der Waals surface area contributed by atoms with E-state index in [2.05, 4.69) is 4.72 Å². The first-order chi connectivity index (χ1) is 16.5. The molecule has 0 aromatic heterocycles. The summed E-state index contributed by atoms with van der Waals surface area (Å²) in [5.74, 6) is 1.34. The minimum atomic E-state index is -1.52. The first-order valence-electron chi connectivity index (χ1n) is 10.7. The Morgan fingerprint density at radius 2 is 1.74 bits per heavy atom. The number of ether oxygens (including phenoxy) is 3. The minimum absolute atomic E-state index is 0.117. The van der Waals surface area contributed by atoms with Gasteiger partial charge in [-0.25, -0.2) is 9.00 Å². The Kier molecular flexibility index (Phi) is 5.90. The van der Waals surface area contributed by atoms with Gasteiger partial charge in [-0.3, -0.25) is 9.52 Å². The zero-order valence-corrected chi connectivity index (χ0v) is 19.1. The molecule has 2 atom stereocenters. The molecule has 0 bridgehead atoms. The summed E-state index contributed by atoms with van der Waals surface area (Å²) < 4.78 is 31.4. The molecule has 1 aliphatic heterocycles. The fourth-order valence-electron chi connectivity index (χ4n) is 4.11. The highest BCUT2D eigenvalue weighted by Gasteiger charge is 2.27. The standard InChI is InChI=1S/C26H21NO6S/c1-31-26(29)17-7-11-19(12-8-17)32-22-4-2-3-20-21(22)13-14-23(20)33-18-9-5-16(6-10-18)24-15-25(28)27-34(24)30/h2-12,15,23H,13-14H2,1H3,(H,27,28)/t23-,34?/m1/s1. The molecule has 1 heterocycles. The Bertz CT molecular complexity index is 1310. The van der Waals surface area contributed by atoms with Gasteiger partial charge in [-0.1, -0.05) is 24.3 Å². The molecule has 0 fully saturated rings. The van der Waals surface area contributed by atoms with Gasteiger partial charge in [0.25, 0.3) is 5.91 Å². The van der Waals surface area contributed by atoms with Crippen molar-refractivity contribution in [1.29, 1.82) is 0 Å². The third-order valence-corrected chi connectivity index (χ3v) is 6.89. The number of carbonyl (C=O) groups is 2. The number of carbonyl (C=O) groups excluding carboxylic acids is 2. The summed E-state index contributed by atoms with van der Waals surface area (Å²) in [6.07, 6.45) is 2.86.